The van der Waals surface area contributed by atoms with Crippen LogP contribution < -0.4 is 4.90 Å². The van der Waals surface area contributed by atoms with Crippen molar-refractivity contribution in [3.63, 3.8) is 0 Å². The van der Waals surface area contributed by atoms with Gasteiger partial charge < -0.3 is 9.80 Å². The van der Waals surface area contributed by atoms with Gasteiger partial charge in [0.05, 0.1) is 0 Å². The second-order valence-corrected chi connectivity index (χ2v) is 4.94. The van der Waals surface area contributed by atoms with Gasteiger partial charge in [0, 0.05) is 43.6 Å². The molecule has 0 saturated carbocycles. The summed E-state index contributed by atoms with van der Waals surface area (Å²) in [5, 5.41) is 0.755. The van der Waals surface area contributed by atoms with E-state index in [1.165, 1.54) is 5.69 Å². The third-order valence-electron chi connectivity index (χ3n) is 3.06. The van der Waals surface area contributed by atoms with Crippen molar-refractivity contribution in [2.45, 2.75) is 6.42 Å². The Morgan fingerprint density at radius 3 is 2.35 bits per heavy atom. The van der Waals surface area contributed by atoms with Gasteiger partial charge in [-0.05, 0) is 12.1 Å². The van der Waals surface area contributed by atoms with Gasteiger partial charge in [0.25, 0.3) is 0 Å². The van der Waals surface area contributed by atoms with Crippen LogP contribution in [0.5, 0.6) is 0 Å². The van der Waals surface area contributed by atoms with E-state index in [0.717, 1.165) is 31.5 Å². The SMILES string of the molecule is O=C(CCBr)N1CCN(c2ccccc2)CC1. The van der Waals surface area contributed by atoms with Gasteiger partial charge in [0.2, 0.25) is 5.91 Å². The van der Waals surface area contributed by atoms with Crippen LogP contribution in [0, 0.1) is 0 Å². The predicted molar refractivity (Wildman–Crippen MR) is 73.6 cm³/mol. The maximum Gasteiger partial charge on any atom is 0.223 e. The third-order valence-corrected chi connectivity index (χ3v) is 3.46. The Labute approximate surface area is 111 Å². The number of benzene rings is 1. The minimum atomic E-state index is 0.259. The molecule has 1 aliphatic rings. The first-order valence-electron chi connectivity index (χ1n) is 5.95. The fraction of sp³-hybridized carbons (Fsp3) is 0.462. The number of carbonyl (C=O) groups excluding carboxylic acids is 1. The molecule has 0 atom stereocenters. The molecule has 0 aromatic heterocycles. The maximum absolute atomic E-state index is 11.7. The van der Waals surface area contributed by atoms with Crippen LogP contribution >= 0.6 is 15.9 Å². The van der Waals surface area contributed by atoms with Crippen LogP contribution in [0.4, 0.5) is 5.69 Å². The molecule has 17 heavy (non-hydrogen) atoms. The number of amides is 1. The average Bonchev–Trinajstić information content (AvgIpc) is 2.40. The molecule has 1 amide bonds. The van der Waals surface area contributed by atoms with E-state index in [0.29, 0.717) is 6.42 Å². The maximum atomic E-state index is 11.7. The lowest BCUT2D eigenvalue weighted by Crippen LogP contribution is -2.48. The lowest BCUT2D eigenvalue weighted by Gasteiger charge is -2.36. The summed E-state index contributed by atoms with van der Waals surface area (Å²) in [4.78, 5) is 16.0. The summed E-state index contributed by atoms with van der Waals surface area (Å²) >= 11 is 3.31. The number of hydrogen-bond donors (Lipinski definition) is 0. The lowest BCUT2D eigenvalue weighted by molar-refractivity contribution is -0.131. The Morgan fingerprint density at radius 1 is 1.12 bits per heavy atom. The summed E-state index contributed by atoms with van der Waals surface area (Å²) in [6, 6.07) is 10.4. The Bertz CT molecular complexity index is 361. The smallest absolute Gasteiger partial charge is 0.223 e. The van der Waals surface area contributed by atoms with Gasteiger partial charge in [-0.2, -0.15) is 0 Å². The number of carbonyl (C=O) groups is 1. The molecule has 1 aromatic rings. The predicted octanol–water partition coefficient (Wildman–Crippen LogP) is 2.12. The normalized spacial score (nSPS) is 16.1. The lowest BCUT2D eigenvalue weighted by atomic mass is 10.2. The minimum absolute atomic E-state index is 0.259. The molecule has 4 heteroatoms. The fourth-order valence-electron chi connectivity index (χ4n) is 2.09. The number of rotatable bonds is 3. The number of anilines is 1. The van der Waals surface area contributed by atoms with E-state index >= 15 is 0 Å². The van der Waals surface area contributed by atoms with Crippen LogP contribution in [0.3, 0.4) is 0 Å². The van der Waals surface area contributed by atoms with E-state index in [4.69, 9.17) is 0 Å². The van der Waals surface area contributed by atoms with Crippen molar-refractivity contribution in [2.24, 2.45) is 0 Å². The molecule has 1 fully saturated rings. The van der Waals surface area contributed by atoms with Gasteiger partial charge in [0.15, 0.2) is 0 Å². The van der Waals surface area contributed by atoms with Crippen LogP contribution in [0.2, 0.25) is 0 Å². The summed E-state index contributed by atoms with van der Waals surface area (Å²) in [6.07, 6.45) is 0.603. The summed E-state index contributed by atoms with van der Waals surface area (Å²) < 4.78 is 0. The van der Waals surface area contributed by atoms with Crippen LogP contribution in [-0.2, 0) is 4.79 Å². The molecule has 0 bridgehead atoms. The van der Waals surface area contributed by atoms with Gasteiger partial charge in [-0.3, -0.25) is 4.79 Å². The van der Waals surface area contributed by atoms with Crippen molar-refractivity contribution in [1.82, 2.24) is 4.90 Å². The number of nitrogens with zero attached hydrogens (tertiary/aromatic N) is 2. The molecule has 2 rings (SSSR count). The first-order chi connectivity index (χ1) is 8.31. The van der Waals surface area contributed by atoms with Gasteiger partial charge in [0.1, 0.15) is 0 Å². The van der Waals surface area contributed by atoms with Crippen molar-refractivity contribution in [1.29, 1.82) is 0 Å². The van der Waals surface area contributed by atoms with Crippen molar-refractivity contribution < 1.29 is 4.79 Å². The standard InChI is InChI=1S/C13H17BrN2O/c14-7-6-13(17)16-10-8-15(9-11-16)12-4-2-1-3-5-12/h1-5H,6-11H2. The highest BCUT2D eigenvalue weighted by Crippen LogP contribution is 2.15. The fourth-order valence-corrected chi connectivity index (χ4v) is 2.43. The molecule has 1 aliphatic heterocycles. The largest absolute Gasteiger partial charge is 0.368 e. The number of piperazine rings is 1. The molecule has 3 nitrogen and oxygen atoms in total. The Morgan fingerprint density at radius 2 is 1.76 bits per heavy atom. The molecule has 0 unspecified atom stereocenters. The van der Waals surface area contributed by atoms with E-state index in [1.54, 1.807) is 0 Å². The molecule has 0 N–H and O–H groups in total. The van der Waals surface area contributed by atoms with E-state index in [-0.39, 0.29) is 5.91 Å². The minimum Gasteiger partial charge on any atom is -0.368 e. The van der Waals surface area contributed by atoms with E-state index in [2.05, 4.69) is 45.1 Å². The highest BCUT2D eigenvalue weighted by molar-refractivity contribution is 9.09. The zero-order valence-electron chi connectivity index (χ0n) is 9.81. The van der Waals surface area contributed by atoms with E-state index < -0.39 is 0 Å². The Kier molecular flexibility index (Phi) is 4.42. The highest BCUT2D eigenvalue weighted by Gasteiger charge is 2.20. The van der Waals surface area contributed by atoms with Crippen LogP contribution in [0.1, 0.15) is 6.42 Å². The highest BCUT2D eigenvalue weighted by atomic mass is 79.9. The first-order valence-corrected chi connectivity index (χ1v) is 7.07. The van der Waals surface area contributed by atoms with E-state index in [9.17, 15) is 4.79 Å². The summed E-state index contributed by atoms with van der Waals surface area (Å²) in [7, 11) is 0. The van der Waals surface area contributed by atoms with Crippen molar-refractivity contribution in [3.8, 4) is 0 Å². The second kappa shape index (κ2) is 6.05. The molecule has 0 spiro atoms. The summed E-state index contributed by atoms with van der Waals surface area (Å²) in [6.45, 7) is 3.53. The van der Waals surface area contributed by atoms with Crippen molar-refractivity contribution in [2.75, 3.05) is 36.4 Å². The van der Waals surface area contributed by atoms with Gasteiger partial charge >= 0.3 is 0 Å². The van der Waals surface area contributed by atoms with Crippen LogP contribution in [0.15, 0.2) is 30.3 Å². The summed E-state index contributed by atoms with van der Waals surface area (Å²) in [5.74, 6) is 0.259. The van der Waals surface area contributed by atoms with Crippen LogP contribution in [0.25, 0.3) is 0 Å². The van der Waals surface area contributed by atoms with Crippen molar-refractivity contribution >= 4 is 27.5 Å². The molecule has 1 saturated heterocycles. The topological polar surface area (TPSA) is 23.6 Å². The van der Waals surface area contributed by atoms with Crippen LogP contribution in [-0.4, -0.2) is 42.3 Å². The van der Waals surface area contributed by atoms with Gasteiger partial charge in [-0.15, -0.1) is 0 Å². The zero-order valence-corrected chi connectivity index (χ0v) is 11.4. The summed E-state index contributed by atoms with van der Waals surface area (Å²) in [5.41, 5.74) is 1.25. The molecule has 0 aliphatic carbocycles. The van der Waals surface area contributed by atoms with Gasteiger partial charge in [-0.25, -0.2) is 0 Å². The first kappa shape index (κ1) is 12.4. The molecule has 92 valence electrons. The third kappa shape index (κ3) is 3.22. The number of halogens is 1. The molecule has 0 radical (unpaired) electrons. The molecule has 1 heterocycles. The van der Waals surface area contributed by atoms with E-state index in [1.807, 2.05) is 11.0 Å². The number of alkyl halides is 1. The molecular weight excluding hydrogens is 280 g/mol. The Balaban J connectivity index is 1.88. The zero-order chi connectivity index (χ0) is 12.1. The number of hydrogen-bond acceptors (Lipinski definition) is 2. The molecular formula is C13H17BrN2O. The molecule has 1 aromatic carbocycles. The average molecular weight is 297 g/mol. The monoisotopic (exact) mass is 296 g/mol. The van der Waals surface area contributed by atoms with Crippen molar-refractivity contribution in [3.05, 3.63) is 30.3 Å². The van der Waals surface area contributed by atoms with Gasteiger partial charge in [-0.1, -0.05) is 34.1 Å². The Hall–Kier alpha value is -1.03. The number of para-hydroxylation sites is 1. The quantitative estimate of drug-likeness (QED) is 0.798. The second-order valence-electron chi connectivity index (χ2n) is 4.14.